The predicted octanol–water partition coefficient (Wildman–Crippen LogP) is 4.03. The monoisotopic (exact) mass is 363 g/mol. The predicted molar refractivity (Wildman–Crippen MR) is 99.7 cm³/mol. The number of carbonyl (C=O) groups is 1. The molecule has 0 aliphatic heterocycles. The first-order valence-electron chi connectivity index (χ1n) is 8.45. The minimum atomic E-state index is -0.0860. The van der Waals surface area contributed by atoms with E-state index in [0.717, 1.165) is 23.4 Å². The fraction of sp³-hybridized carbons (Fsp3) is 0.500. The van der Waals surface area contributed by atoms with Gasteiger partial charge in [0.25, 0.3) is 0 Å². The van der Waals surface area contributed by atoms with Crippen LogP contribution in [0.15, 0.2) is 18.2 Å². The standard InChI is InChI=1S/C18H25N3O3S/c1-5-12(6-2)17-20-21-18(25-17)19-15(22)11-10-13-8-7-9-14(23-3)16(13)24-4/h7-9,12H,5-6,10-11H2,1-4H3,(H,19,21,22). The van der Waals surface area contributed by atoms with Crippen molar-refractivity contribution in [3.63, 3.8) is 0 Å². The zero-order valence-electron chi connectivity index (χ0n) is 15.2. The molecule has 0 fully saturated rings. The molecule has 0 unspecified atom stereocenters. The van der Waals surface area contributed by atoms with Crippen molar-refractivity contribution in [3.05, 3.63) is 28.8 Å². The number of hydrogen-bond acceptors (Lipinski definition) is 6. The van der Waals surface area contributed by atoms with E-state index in [-0.39, 0.29) is 5.91 Å². The summed E-state index contributed by atoms with van der Waals surface area (Å²) in [5.74, 6) is 1.66. The van der Waals surface area contributed by atoms with Gasteiger partial charge in [-0.25, -0.2) is 0 Å². The third kappa shape index (κ3) is 4.92. The van der Waals surface area contributed by atoms with Gasteiger partial charge in [-0.2, -0.15) is 0 Å². The van der Waals surface area contributed by atoms with Gasteiger partial charge in [-0.3, -0.25) is 4.79 Å². The molecule has 0 radical (unpaired) electrons. The van der Waals surface area contributed by atoms with Crippen LogP contribution in [0, 0.1) is 0 Å². The molecule has 0 spiro atoms. The van der Waals surface area contributed by atoms with Gasteiger partial charge in [-0.15, -0.1) is 10.2 Å². The summed E-state index contributed by atoms with van der Waals surface area (Å²) in [6.45, 7) is 4.27. The number of hydrogen-bond donors (Lipinski definition) is 1. The van der Waals surface area contributed by atoms with Crippen molar-refractivity contribution in [2.24, 2.45) is 0 Å². The summed E-state index contributed by atoms with van der Waals surface area (Å²) >= 11 is 1.46. The molecule has 0 bridgehead atoms. The average Bonchev–Trinajstić information content (AvgIpc) is 3.08. The van der Waals surface area contributed by atoms with E-state index in [9.17, 15) is 4.79 Å². The highest BCUT2D eigenvalue weighted by molar-refractivity contribution is 7.15. The fourth-order valence-corrected chi connectivity index (χ4v) is 3.69. The summed E-state index contributed by atoms with van der Waals surface area (Å²) < 4.78 is 10.7. The molecule has 0 aliphatic rings. The molecule has 2 rings (SSSR count). The van der Waals surface area contributed by atoms with Crippen LogP contribution in [0.4, 0.5) is 5.13 Å². The number of aromatic nitrogens is 2. The van der Waals surface area contributed by atoms with Crippen molar-refractivity contribution in [3.8, 4) is 11.5 Å². The van der Waals surface area contributed by atoms with Gasteiger partial charge >= 0.3 is 0 Å². The topological polar surface area (TPSA) is 73.3 Å². The summed E-state index contributed by atoms with van der Waals surface area (Å²) in [7, 11) is 3.20. The number of carbonyl (C=O) groups excluding carboxylic acids is 1. The van der Waals surface area contributed by atoms with Crippen LogP contribution in [0.5, 0.6) is 11.5 Å². The number of methoxy groups -OCH3 is 2. The van der Waals surface area contributed by atoms with E-state index in [1.807, 2.05) is 18.2 Å². The van der Waals surface area contributed by atoms with E-state index < -0.39 is 0 Å². The Morgan fingerprint density at radius 2 is 1.96 bits per heavy atom. The molecule has 0 aliphatic carbocycles. The van der Waals surface area contributed by atoms with Crippen LogP contribution in [-0.4, -0.2) is 30.3 Å². The maximum Gasteiger partial charge on any atom is 0.226 e. The number of anilines is 1. The van der Waals surface area contributed by atoms with Crippen molar-refractivity contribution in [2.75, 3.05) is 19.5 Å². The highest BCUT2D eigenvalue weighted by Gasteiger charge is 2.15. The highest BCUT2D eigenvalue weighted by atomic mass is 32.1. The van der Waals surface area contributed by atoms with Crippen LogP contribution in [0.1, 0.15) is 49.6 Å². The van der Waals surface area contributed by atoms with Crippen LogP contribution in [0.25, 0.3) is 0 Å². The highest BCUT2D eigenvalue weighted by Crippen LogP contribution is 2.32. The zero-order valence-corrected chi connectivity index (χ0v) is 16.0. The first-order chi connectivity index (χ1) is 12.1. The lowest BCUT2D eigenvalue weighted by atomic mass is 10.1. The second-order valence-corrected chi connectivity index (χ2v) is 6.67. The van der Waals surface area contributed by atoms with E-state index in [4.69, 9.17) is 9.47 Å². The van der Waals surface area contributed by atoms with Gasteiger partial charge in [0, 0.05) is 12.3 Å². The smallest absolute Gasteiger partial charge is 0.226 e. The quantitative estimate of drug-likeness (QED) is 0.728. The van der Waals surface area contributed by atoms with Crippen LogP contribution < -0.4 is 14.8 Å². The van der Waals surface area contributed by atoms with E-state index in [1.165, 1.54) is 11.3 Å². The van der Waals surface area contributed by atoms with Crippen LogP contribution in [0.2, 0.25) is 0 Å². The number of aryl methyl sites for hydroxylation is 1. The van der Waals surface area contributed by atoms with Crippen molar-refractivity contribution in [1.29, 1.82) is 0 Å². The molecular weight excluding hydrogens is 338 g/mol. The first-order valence-corrected chi connectivity index (χ1v) is 9.27. The summed E-state index contributed by atoms with van der Waals surface area (Å²) in [6, 6.07) is 5.66. The summed E-state index contributed by atoms with van der Waals surface area (Å²) in [5, 5.41) is 12.7. The Bertz CT molecular complexity index is 699. The van der Waals surface area contributed by atoms with Crippen molar-refractivity contribution in [1.82, 2.24) is 10.2 Å². The number of para-hydroxylation sites is 1. The average molecular weight is 363 g/mol. The maximum atomic E-state index is 12.2. The zero-order chi connectivity index (χ0) is 18.2. The van der Waals surface area contributed by atoms with Gasteiger partial charge in [0.2, 0.25) is 11.0 Å². The number of rotatable bonds is 9. The number of amides is 1. The lowest BCUT2D eigenvalue weighted by molar-refractivity contribution is -0.116. The van der Waals surface area contributed by atoms with E-state index >= 15 is 0 Å². The molecule has 1 aromatic carbocycles. The number of nitrogens with one attached hydrogen (secondary N) is 1. The van der Waals surface area contributed by atoms with Crippen LogP contribution >= 0.6 is 11.3 Å². The Labute approximate surface area is 152 Å². The molecule has 136 valence electrons. The summed E-state index contributed by atoms with van der Waals surface area (Å²) in [4.78, 5) is 12.2. The van der Waals surface area contributed by atoms with Crippen molar-refractivity contribution >= 4 is 22.4 Å². The van der Waals surface area contributed by atoms with Gasteiger partial charge in [0.15, 0.2) is 11.5 Å². The maximum absolute atomic E-state index is 12.2. The van der Waals surface area contributed by atoms with Gasteiger partial charge in [-0.05, 0) is 30.9 Å². The molecular formula is C18H25N3O3S. The van der Waals surface area contributed by atoms with Crippen LogP contribution in [0.3, 0.4) is 0 Å². The molecule has 2 aromatic rings. The number of nitrogens with zero attached hydrogens (tertiary/aromatic N) is 2. The normalized spacial score (nSPS) is 10.8. The van der Waals surface area contributed by atoms with Gasteiger partial charge in [0.05, 0.1) is 14.2 Å². The molecule has 1 N–H and O–H groups in total. The lowest BCUT2D eigenvalue weighted by Gasteiger charge is -2.12. The Morgan fingerprint density at radius 3 is 2.60 bits per heavy atom. The summed E-state index contributed by atoms with van der Waals surface area (Å²) in [6.07, 6.45) is 2.94. The molecule has 1 amide bonds. The molecule has 25 heavy (non-hydrogen) atoms. The molecule has 0 saturated heterocycles. The third-order valence-corrected chi connectivity index (χ3v) is 5.13. The molecule has 0 atom stereocenters. The van der Waals surface area contributed by atoms with Gasteiger partial charge < -0.3 is 14.8 Å². The van der Waals surface area contributed by atoms with Gasteiger partial charge in [0.1, 0.15) is 5.01 Å². The Balaban J connectivity index is 1.95. The van der Waals surface area contributed by atoms with Gasteiger partial charge in [-0.1, -0.05) is 37.3 Å². The molecule has 7 heteroatoms. The second-order valence-electron chi connectivity index (χ2n) is 5.66. The van der Waals surface area contributed by atoms with E-state index in [0.29, 0.717) is 35.4 Å². The second kappa shape index (κ2) is 9.36. The first kappa shape index (κ1) is 19.2. The van der Waals surface area contributed by atoms with Crippen molar-refractivity contribution < 1.29 is 14.3 Å². The summed E-state index contributed by atoms with van der Waals surface area (Å²) in [5.41, 5.74) is 0.937. The molecule has 6 nitrogen and oxygen atoms in total. The third-order valence-electron chi connectivity index (χ3n) is 4.13. The minimum absolute atomic E-state index is 0.0860. The largest absolute Gasteiger partial charge is 0.493 e. The molecule has 1 aromatic heterocycles. The molecule has 1 heterocycles. The Hall–Kier alpha value is -2.15. The van der Waals surface area contributed by atoms with E-state index in [2.05, 4.69) is 29.4 Å². The number of ether oxygens (including phenoxy) is 2. The fourth-order valence-electron chi connectivity index (χ4n) is 2.67. The minimum Gasteiger partial charge on any atom is -0.493 e. The van der Waals surface area contributed by atoms with Crippen molar-refractivity contribution in [2.45, 2.75) is 45.4 Å². The Morgan fingerprint density at radius 1 is 1.20 bits per heavy atom. The Kier molecular flexibility index (Phi) is 7.18. The number of benzene rings is 1. The SMILES string of the molecule is CCC(CC)c1nnc(NC(=O)CCc2cccc(OC)c2OC)s1. The molecule has 0 saturated carbocycles. The van der Waals surface area contributed by atoms with Crippen LogP contribution in [-0.2, 0) is 11.2 Å². The lowest BCUT2D eigenvalue weighted by Crippen LogP contribution is -2.12. The van der Waals surface area contributed by atoms with E-state index in [1.54, 1.807) is 14.2 Å².